The van der Waals surface area contributed by atoms with Gasteiger partial charge in [0.15, 0.2) is 5.65 Å². The largest absolute Gasteiger partial charge is 0.369 e. The van der Waals surface area contributed by atoms with Crippen LogP contribution in [-0.2, 0) is 4.79 Å². The monoisotopic (exact) mass is 413 g/mol. The highest BCUT2D eigenvalue weighted by Crippen LogP contribution is 2.28. The molecule has 4 rings (SSSR count). The van der Waals surface area contributed by atoms with Crippen molar-refractivity contribution in [2.45, 2.75) is 38.2 Å². The van der Waals surface area contributed by atoms with Crippen LogP contribution in [0.1, 0.15) is 48.2 Å². The van der Waals surface area contributed by atoms with Crippen molar-refractivity contribution < 1.29 is 18.4 Å². The fourth-order valence-electron chi connectivity index (χ4n) is 3.96. The third-order valence-electron chi connectivity index (χ3n) is 5.48. The molecule has 0 spiro atoms. The predicted molar refractivity (Wildman–Crippen MR) is 106 cm³/mol. The van der Waals surface area contributed by atoms with Gasteiger partial charge in [0.2, 0.25) is 5.91 Å². The van der Waals surface area contributed by atoms with Gasteiger partial charge >= 0.3 is 0 Å². The molecule has 2 unspecified atom stereocenters. The van der Waals surface area contributed by atoms with Gasteiger partial charge in [0.25, 0.3) is 12.3 Å². The normalized spacial score (nSPS) is 19.2. The fraction of sp³-hybridized carbons (Fsp3) is 0.333. The van der Waals surface area contributed by atoms with E-state index in [1.165, 1.54) is 16.8 Å². The lowest BCUT2D eigenvalue weighted by Crippen LogP contribution is -2.47. The summed E-state index contributed by atoms with van der Waals surface area (Å²) in [6.07, 6.45) is 1.48. The number of fused-ring (bicyclic) bond motifs is 1. The number of primary amides is 1. The summed E-state index contributed by atoms with van der Waals surface area (Å²) in [7, 11) is 0. The topological polar surface area (TPSA) is 102 Å². The molecule has 0 bridgehead atoms. The zero-order valence-electron chi connectivity index (χ0n) is 16.1. The Morgan fingerprint density at radius 2 is 1.90 bits per heavy atom. The average molecular weight is 413 g/mol. The van der Waals surface area contributed by atoms with Crippen LogP contribution in [0.15, 0.2) is 42.6 Å². The van der Waals surface area contributed by atoms with E-state index < -0.39 is 35.9 Å². The van der Waals surface area contributed by atoms with Crippen molar-refractivity contribution in [1.82, 2.24) is 19.9 Å². The van der Waals surface area contributed by atoms with E-state index in [4.69, 9.17) is 5.73 Å². The number of alkyl halides is 2. The lowest BCUT2D eigenvalue weighted by atomic mass is 9.84. The number of amides is 2. The zero-order valence-corrected chi connectivity index (χ0v) is 16.1. The number of benzene rings is 1. The molecule has 1 aliphatic rings. The van der Waals surface area contributed by atoms with E-state index in [-0.39, 0.29) is 11.2 Å². The Morgan fingerprint density at radius 3 is 2.60 bits per heavy atom. The van der Waals surface area contributed by atoms with Gasteiger partial charge in [-0.15, -0.1) is 0 Å². The van der Waals surface area contributed by atoms with E-state index in [2.05, 4.69) is 15.4 Å². The molecular weight excluding hydrogens is 392 g/mol. The number of rotatable bonds is 5. The molecule has 30 heavy (non-hydrogen) atoms. The standard InChI is InChI=1S/C21H21F2N5O2/c22-18(23)16-10-17(12-6-2-1-3-7-12)28-20(26-16)14(11-25-28)21(30)27-15-9-5-4-8-13(15)19(24)29/h1-3,6-7,10-11,13,15,18H,4-5,8-9H2,(H2,24,29)(H,27,30). The molecule has 156 valence electrons. The third-order valence-corrected chi connectivity index (χ3v) is 5.48. The molecule has 9 heteroatoms. The van der Waals surface area contributed by atoms with E-state index in [0.717, 1.165) is 12.8 Å². The van der Waals surface area contributed by atoms with Crippen LogP contribution >= 0.6 is 0 Å². The molecule has 0 radical (unpaired) electrons. The van der Waals surface area contributed by atoms with Crippen LogP contribution < -0.4 is 11.1 Å². The maximum atomic E-state index is 13.5. The molecule has 1 saturated carbocycles. The van der Waals surface area contributed by atoms with E-state index >= 15 is 0 Å². The van der Waals surface area contributed by atoms with Gasteiger partial charge in [-0.25, -0.2) is 18.3 Å². The summed E-state index contributed by atoms with van der Waals surface area (Å²) in [6, 6.07) is 9.80. The number of aromatic nitrogens is 3. The quantitative estimate of drug-likeness (QED) is 0.671. The first-order chi connectivity index (χ1) is 14.5. The summed E-state index contributed by atoms with van der Waals surface area (Å²) in [5.74, 6) is -1.42. The summed E-state index contributed by atoms with van der Waals surface area (Å²) in [5, 5.41) is 7.05. The molecule has 3 aromatic rings. The minimum Gasteiger partial charge on any atom is -0.369 e. The molecular formula is C21H21F2N5O2. The second kappa shape index (κ2) is 8.17. The first kappa shape index (κ1) is 19.9. The summed E-state index contributed by atoms with van der Waals surface area (Å²) in [6.45, 7) is 0. The molecule has 2 aromatic heterocycles. The number of hydrogen-bond donors (Lipinski definition) is 2. The van der Waals surface area contributed by atoms with E-state index in [1.54, 1.807) is 24.3 Å². The third kappa shape index (κ3) is 3.74. The number of nitrogens with two attached hydrogens (primary N) is 1. The van der Waals surface area contributed by atoms with Crippen molar-refractivity contribution >= 4 is 17.5 Å². The van der Waals surface area contributed by atoms with Crippen LogP contribution in [0.3, 0.4) is 0 Å². The summed E-state index contributed by atoms with van der Waals surface area (Å²) >= 11 is 0. The molecule has 0 aliphatic heterocycles. The summed E-state index contributed by atoms with van der Waals surface area (Å²) in [5.41, 5.74) is 6.22. The van der Waals surface area contributed by atoms with Gasteiger partial charge in [-0.05, 0) is 18.9 Å². The Morgan fingerprint density at radius 1 is 1.17 bits per heavy atom. The van der Waals surface area contributed by atoms with Gasteiger partial charge in [0.05, 0.1) is 17.8 Å². The minimum absolute atomic E-state index is 0.0376. The molecule has 1 aliphatic carbocycles. The highest BCUT2D eigenvalue weighted by atomic mass is 19.3. The molecule has 2 atom stereocenters. The summed E-state index contributed by atoms with van der Waals surface area (Å²) in [4.78, 5) is 28.7. The fourth-order valence-corrected chi connectivity index (χ4v) is 3.96. The molecule has 7 nitrogen and oxygen atoms in total. The number of carbonyl (C=O) groups is 2. The maximum Gasteiger partial charge on any atom is 0.280 e. The Labute approximate surface area is 171 Å². The van der Waals surface area contributed by atoms with Crippen molar-refractivity contribution in [3.63, 3.8) is 0 Å². The smallest absolute Gasteiger partial charge is 0.280 e. The number of nitrogens with zero attached hydrogens (tertiary/aromatic N) is 3. The highest BCUT2D eigenvalue weighted by Gasteiger charge is 2.31. The first-order valence-corrected chi connectivity index (χ1v) is 9.78. The van der Waals surface area contributed by atoms with Crippen molar-refractivity contribution in [3.8, 4) is 11.3 Å². The number of nitrogens with one attached hydrogen (secondary N) is 1. The maximum absolute atomic E-state index is 13.5. The number of hydrogen-bond acceptors (Lipinski definition) is 4. The molecule has 2 heterocycles. The van der Waals surface area contributed by atoms with Gasteiger partial charge in [0, 0.05) is 11.6 Å². The van der Waals surface area contributed by atoms with Gasteiger partial charge < -0.3 is 11.1 Å². The van der Waals surface area contributed by atoms with Crippen molar-refractivity contribution in [3.05, 3.63) is 53.9 Å². The number of halogens is 2. The van der Waals surface area contributed by atoms with Crippen LogP contribution in [0.2, 0.25) is 0 Å². The van der Waals surface area contributed by atoms with Crippen molar-refractivity contribution in [2.24, 2.45) is 11.7 Å². The minimum atomic E-state index is -2.80. The first-order valence-electron chi connectivity index (χ1n) is 9.78. The Hall–Kier alpha value is -3.36. The van der Waals surface area contributed by atoms with Gasteiger partial charge in [-0.1, -0.05) is 43.2 Å². The number of carbonyl (C=O) groups excluding carboxylic acids is 2. The molecule has 3 N–H and O–H groups in total. The predicted octanol–water partition coefficient (Wildman–Crippen LogP) is 3.11. The SMILES string of the molecule is NC(=O)C1CCCCC1NC(=O)c1cnn2c(-c3ccccc3)cc(C(F)F)nc12. The van der Waals surface area contributed by atoms with E-state index in [0.29, 0.717) is 24.1 Å². The van der Waals surface area contributed by atoms with Gasteiger partial charge in [-0.3, -0.25) is 9.59 Å². The Bertz CT molecular complexity index is 1080. The van der Waals surface area contributed by atoms with Crippen LogP contribution in [0.25, 0.3) is 16.9 Å². The molecule has 2 amide bonds. The van der Waals surface area contributed by atoms with Crippen LogP contribution in [-0.4, -0.2) is 32.5 Å². The lowest BCUT2D eigenvalue weighted by molar-refractivity contribution is -0.123. The van der Waals surface area contributed by atoms with Gasteiger partial charge in [0.1, 0.15) is 11.3 Å². The van der Waals surface area contributed by atoms with Crippen LogP contribution in [0, 0.1) is 5.92 Å². The second-order valence-corrected chi connectivity index (χ2v) is 7.40. The lowest BCUT2D eigenvalue weighted by Gasteiger charge is -2.29. The molecule has 1 aromatic carbocycles. The second-order valence-electron chi connectivity index (χ2n) is 7.40. The highest BCUT2D eigenvalue weighted by molar-refractivity contribution is 6.00. The van der Waals surface area contributed by atoms with Gasteiger partial charge in [-0.2, -0.15) is 5.10 Å². The van der Waals surface area contributed by atoms with Crippen molar-refractivity contribution in [1.29, 1.82) is 0 Å². The van der Waals surface area contributed by atoms with E-state index in [1.807, 2.05) is 6.07 Å². The Balaban J connectivity index is 1.74. The van der Waals surface area contributed by atoms with Crippen molar-refractivity contribution in [2.75, 3.05) is 0 Å². The van der Waals surface area contributed by atoms with E-state index in [9.17, 15) is 18.4 Å². The van der Waals surface area contributed by atoms with Crippen LogP contribution in [0.4, 0.5) is 8.78 Å². The molecule has 1 fully saturated rings. The average Bonchev–Trinajstić information content (AvgIpc) is 3.18. The van der Waals surface area contributed by atoms with Crippen LogP contribution in [0.5, 0.6) is 0 Å². The Kier molecular flexibility index (Phi) is 5.43. The zero-order chi connectivity index (χ0) is 21.3. The summed E-state index contributed by atoms with van der Waals surface area (Å²) < 4.78 is 28.4. The molecule has 0 saturated heterocycles.